The van der Waals surface area contributed by atoms with Crippen molar-refractivity contribution in [2.45, 2.75) is 52.6 Å². The van der Waals surface area contributed by atoms with Gasteiger partial charge in [-0.15, -0.1) is 11.4 Å². The maximum atomic E-state index is 4.74. The standard InChI is InChI=1S/C37H34BN.C14H14NSi.Ag/c1-26(2)30-19-13-20-31(27(3)4)37(30)39-25-38(34-23-11-12-24-35(34)39)36-32(28-15-7-5-8-16-28)21-14-22-33(36)29-17-9-6-10-18-29;1-16(2)13-9-5-3-7-11(13)15-12-8-4-6-10-14(12)16;/h5-24,26-27H,1-4H3;3-10H,1-2H3;/q;-1;. The van der Waals surface area contributed by atoms with Crippen LogP contribution in [0.25, 0.3) is 27.6 Å². The molecule has 0 aromatic heterocycles. The molecule has 0 bridgehead atoms. The van der Waals surface area contributed by atoms with Crippen molar-refractivity contribution in [3.8, 4) is 22.3 Å². The van der Waals surface area contributed by atoms with Crippen LogP contribution in [0.15, 0.2) is 170 Å². The molecular formula is C51H48AgBN2Si-. The molecule has 2 aliphatic heterocycles. The van der Waals surface area contributed by atoms with E-state index in [2.05, 4.69) is 221 Å². The Bertz CT molecular complexity index is 2380. The predicted octanol–water partition coefficient (Wildman–Crippen LogP) is 11.4. The summed E-state index contributed by atoms with van der Waals surface area (Å²) in [6.07, 6.45) is 4.03. The molecule has 56 heavy (non-hydrogen) atoms. The van der Waals surface area contributed by atoms with Gasteiger partial charge in [0.2, 0.25) is 6.71 Å². The zero-order valence-electron chi connectivity index (χ0n) is 33.1. The molecule has 0 N–H and O–H groups in total. The number of hydrogen-bond acceptors (Lipinski definition) is 0. The first-order valence-electron chi connectivity index (χ1n) is 19.7. The zero-order valence-corrected chi connectivity index (χ0v) is 35.6. The normalized spacial score (nSPS) is 13.4. The van der Waals surface area contributed by atoms with E-state index in [4.69, 9.17) is 5.32 Å². The van der Waals surface area contributed by atoms with Gasteiger partial charge in [0.25, 0.3) is 0 Å². The quantitative estimate of drug-likeness (QED) is 0.0902. The van der Waals surface area contributed by atoms with Crippen molar-refractivity contribution in [2.75, 3.05) is 0 Å². The van der Waals surface area contributed by atoms with E-state index in [1.807, 2.05) is 0 Å². The summed E-state index contributed by atoms with van der Waals surface area (Å²) in [6.45, 7) is 14.0. The van der Waals surface area contributed by atoms with E-state index in [-0.39, 0.29) is 29.1 Å². The first-order chi connectivity index (χ1) is 26.7. The van der Waals surface area contributed by atoms with Gasteiger partial charge in [-0.1, -0.05) is 226 Å². The smallest absolute Gasteiger partial charge is 0.239 e. The zero-order chi connectivity index (χ0) is 38.1. The van der Waals surface area contributed by atoms with Gasteiger partial charge < -0.3 is 9.89 Å². The second-order valence-corrected chi connectivity index (χ2v) is 20.1. The third-order valence-electron chi connectivity index (χ3n) is 11.3. The van der Waals surface area contributed by atoms with Crippen LogP contribution in [0.4, 0.5) is 22.7 Å². The molecule has 0 saturated heterocycles. The van der Waals surface area contributed by atoms with Gasteiger partial charge >= 0.3 is 0 Å². The monoisotopic (exact) mass is 834 g/mol. The van der Waals surface area contributed by atoms with Gasteiger partial charge in [0.1, 0.15) is 13.8 Å². The number of nitrogens with zero attached hydrogens (tertiary/aromatic N) is 2. The molecule has 0 unspecified atom stereocenters. The van der Waals surface area contributed by atoms with E-state index in [1.165, 1.54) is 66.1 Å². The maximum Gasteiger partial charge on any atom is 0.239 e. The molecule has 2 aliphatic rings. The molecule has 0 saturated carbocycles. The number of hydrogen-bond donors (Lipinski definition) is 0. The fourth-order valence-corrected chi connectivity index (χ4v) is 11.3. The molecule has 5 heteroatoms. The van der Waals surface area contributed by atoms with Crippen molar-refractivity contribution in [1.82, 2.24) is 4.58 Å². The Hall–Kier alpha value is -4.97. The minimum Gasteiger partial charge on any atom is -0.658 e. The van der Waals surface area contributed by atoms with Crippen molar-refractivity contribution in [2.24, 2.45) is 0 Å². The fraction of sp³-hybridized carbons (Fsp3) is 0.157. The number of para-hydroxylation sites is 4. The van der Waals surface area contributed by atoms with Crippen LogP contribution in [0.2, 0.25) is 13.1 Å². The van der Waals surface area contributed by atoms with Crippen molar-refractivity contribution < 1.29 is 22.4 Å². The molecule has 0 amide bonds. The van der Waals surface area contributed by atoms with E-state index in [0.29, 0.717) is 11.8 Å². The summed E-state index contributed by atoms with van der Waals surface area (Å²) in [5, 5.41) is 7.64. The van der Waals surface area contributed by atoms with Crippen LogP contribution in [0, 0.1) is 0 Å². The van der Waals surface area contributed by atoms with E-state index in [9.17, 15) is 0 Å². The summed E-state index contributed by atoms with van der Waals surface area (Å²) in [4.78, 5) is 0. The van der Waals surface area contributed by atoms with Gasteiger partial charge in [-0.3, -0.25) is 0 Å². The largest absolute Gasteiger partial charge is 0.658 e. The van der Waals surface area contributed by atoms with Gasteiger partial charge in [0.15, 0.2) is 0 Å². The molecule has 7 aromatic rings. The molecule has 0 aliphatic carbocycles. The predicted molar refractivity (Wildman–Crippen MR) is 242 cm³/mol. The van der Waals surface area contributed by atoms with E-state index in [1.54, 1.807) is 0 Å². The van der Waals surface area contributed by atoms with Crippen LogP contribution in [0.3, 0.4) is 0 Å². The summed E-state index contributed by atoms with van der Waals surface area (Å²) in [5.41, 5.74) is 15.1. The molecule has 1 radical (unpaired) electrons. The van der Waals surface area contributed by atoms with Crippen molar-refractivity contribution in [3.05, 3.63) is 186 Å². The Kier molecular flexibility index (Phi) is 11.7. The van der Waals surface area contributed by atoms with E-state index >= 15 is 0 Å². The van der Waals surface area contributed by atoms with Crippen molar-refractivity contribution in [3.63, 3.8) is 0 Å². The average Bonchev–Trinajstić information content (AvgIpc) is 3.60. The first kappa shape index (κ1) is 39.3. The third kappa shape index (κ3) is 7.35. The minimum absolute atomic E-state index is 0. The Morgan fingerprint density at radius 2 is 0.964 bits per heavy atom. The van der Waals surface area contributed by atoms with Gasteiger partial charge in [0.05, 0.1) is 11.8 Å². The molecule has 0 atom stereocenters. The average molecular weight is 836 g/mol. The minimum atomic E-state index is -1.53. The number of benzene rings is 7. The van der Waals surface area contributed by atoms with Crippen LogP contribution < -0.4 is 25.9 Å². The van der Waals surface area contributed by atoms with Gasteiger partial charge in [-0.25, -0.2) is 0 Å². The number of rotatable bonds is 6. The summed E-state index contributed by atoms with van der Waals surface area (Å²) in [5.74, 6) is 0.811. The SMILES string of the molecule is CC(C)c1cccc(C(C)C)c1[N+]1=[C-]B(c2c(-c3ccccc3)cccc2-c2ccccc2)c2ccccc21.C[Si]1(C)c2ccccc2[N-]c2ccccc21.[Ag]. The molecule has 7 aromatic carbocycles. The molecule has 9 rings (SSSR count). The van der Waals surface area contributed by atoms with Crippen molar-refractivity contribution in [1.29, 1.82) is 0 Å². The second-order valence-electron chi connectivity index (χ2n) is 15.8. The first-order valence-corrected chi connectivity index (χ1v) is 22.7. The van der Waals surface area contributed by atoms with E-state index in [0.717, 1.165) is 11.4 Å². The van der Waals surface area contributed by atoms with Gasteiger partial charge in [-0.2, -0.15) is 0 Å². The molecule has 2 nitrogen and oxygen atoms in total. The maximum absolute atomic E-state index is 4.74. The summed E-state index contributed by atoms with van der Waals surface area (Å²) < 4.78 is 2.38. The Labute approximate surface area is 351 Å². The molecule has 2 heterocycles. The van der Waals surface area contributed by atoms with E-state index < -0.39 is 8.07 Å². The van der Waals surface area contributed by atoms with Gasteiger partial charge in [0, 0.05) is 22.4 Å². The molecule has 281 valence electrons. The molecule has 0 spiro atoms. The summed E-state index contributed by atoms with van der Waals surface area (Å²) in [7, 11) is -1.53. The summed E-state index contributed by atoms with van der Waals surface area (Å²) in [6, 6.07) is 61.1. The Morgan fingerprint density at radius 1 is 0.518 bits per heavy atom. The topological polar surface area (TPSA) is 17.1 Å². The Morgan fingerprint density at radius 3 is 1.48 bits per heavy atom. The number of fused-ring (bicyclic) bond motifs is 3. The fourth-order valence-electron chi connectivity index (χ4n) is 8.47. The Balaban J connectivity index is 0.000000235. The van der Waals surface area contributed by atoms with Crippen molar-refractivity contribution >= 4 is 64.9 Å². The van der Waals surface area contributed by atoms with Crippen LogP contribution in [-0.2, 0) is 22.4 Å². The summed E-state index contributed by atoms with van der Waals surface area (Å²) >= 11 is 0. The van der Waals surface area contributed by atoms with Crippen LogP contribution in [0.5, 0.6) is 0 Å². The molecule has 0 fully saturated rings. The second kappa shape index (κ2) is 16.6. The molecular weight excluding hydrogens is 787 g/mol. The van der Waals surface area contributed by atoms with Crippen LogP contribution in [0.1, 0.15) is 50.7 Å². The van der Waals surface area contributed by atoms with Crippen LogP contribution >= 0.6 is 0 Å². The third-order valence-corrected chi connectivity index (χ3v) is 14.8. The van der Waals surface area contributed by atoms with Gasteiger partial charge in [-0.05, 0) is 51.3 Å². The van der Waals surface area contributed by atoms with Crippen LogP contribution in [-0.4, -0.2) is 20.9 Å².